The summed E-state index contributed by atoms with van der Waals surface area (Å²) in [4.78, 5) is 11.8. The van der Waals surface area contributed by atoms with Gasteiger partial charge in [0.2, 0.25) is 0 Å². The van der Waals surface area contributed by atoms with Gasteiger partial charge in [-0.05, 0) is 65.2 Å². The molecule has 2 rings (SSSR count). The Hall–Kier alpha value is -2.54. The van der Waals surface area contributed by atoms with E-state index in [1.165, 1.54) is 6.21 Å². The van der Waals surface area contributed by atoms with Gasteiger partial charge in [0.05, 0.1) is 23.8 Å². The molecule has 132 valence electrons. The number of aromatic hydroxyl groups is 1. The van der Waals surface area contributed by atoms with Crippen molar-refractivity contribution in [1.29, 1.82) is 0 Å². The van der Waals surface area contributed by atoms with Gasteiger partial charge in [0.1, 0.15) is 0 Å². The number of hydrazone groups is 1. The first-order valence-corrected chi connectivity index (χ1v) is 8.56. The smallest absolute Gasteiger partial charge is 0.259 e. The number of anilines is 1. The normalized spacial score (nSPS) is 10.7. The fourth-order valence-electron chi connectivity index (χ4n) is 2.09. The third-order valence-electron chi connectivity index (χ3n) is 3.22. The Labute approximate surface area is 155 Å². The number of phenols is 1. The van der Waals surface area contributed by atoms with E-state index in [0.29, 0.717) is 22.4 Å². The molecule has 0 saturated carbocycles. The lowest BCUT2D eigenvalue weighted by Crippen LogP contribution is -2.25. The van der Waals surface area contributed by atoms with Crippen LogP contribution in [-0.2, 0) is 4.79 Å². The maximum Gasteiger partial charge on any atom is 0.259 e. The predicted molar refractivity (Wildman–Crippen MR) is 102 cm³/mol. The van der Waals surface area contributed by atoms with E-state index >= 15 is 0 Å². The summed E-state index contributed by atoms with van der Waals surface area (Å²) in [7, 11) is 0. The Morgan fingerprint density at radius 2 is 2.16 bits per heavy atom. The van der Waals surface area contributed by atoms with E-state index < -0.39 is 0 Å². The molecule has 2 aromatic carbocycles. The van der Waals surface area contributed by atoms with Gasteiger partial charge in [-0.1, -0.05) is 12.1 Å². The quantitative estimate of drug-likeness (QED) is 0.486. The third kappa shape index (κ3) is 5.79. The number of aryl methyl sites for hydroxylation is 1. The van der Waals surface area contributed by atoms with E-state index in [1.54, 1.807) is 12.1 Å². The van der Waals surface area contributed by atoms with Crippen LogP contribution in [0.3, 0.4) is 0 Å². The number of hydrogen-bond donors (Lipinski definition) is 3. The molecule has 0 bridgehead atoms. The molecule has 25 heavy (non-hydrogen) atoms. The number of amides is 1. The van der Waals surface area contributed by atoms with E-state index in [0.717, 1.165) is 11.3 Å². The minimum atomic E-state index is -0.263. The molecule has 1 amide bonds. The van der Waals surface area contributed by atoms with Gasteiger partial charge in [-0.3, -0.25) is 4.79 Å². The van der Waals surface area contributed by atoms with Crippen LogP contribution in [0.25, 0.3) is 0 Å². The average Bonchev–Trinajstić information content (AvgIpc) is 2.58. The molecule has 6 nitrogen and oxygen atoms in total. The Kier molecular flexibility index (Phi) is 6.82. The minimum absolute atomic E-state index is 0.0328. The molecule has 0 spiro atoms. The molecule has 0 fully saturated rings. The molecule has 3 N–H and O–H groups in total. The first-order valence-electron chi connectivity index (χ1n) is 7.77. The van der Waals surface area contributed by atoms with Crippen LogP contribution in [0.1, 0.15) is 18.1 Å². The number of carbonyl (C=O) groups excluding carboxylic acids is 1. The van der Waals surface area contributed by atoms with Gasteiger partial charge < -0.3 is 15.2 Å². The summed E-state index contributed by atoms with van der Waals surface area (Å²) in [6.07, 6.45) is 1.48. The van der Waals surface area contributed by atoms with Crippen molar-refractivity contribution in [3.63, 3.8) is 0 Å². The molecule has 0 aliphatic rings. The topological polar surface area (TPSA) is 83.0 Å². The van der Waals surface area contributed by atoms with E-state index in [-0.39, 0.29) is 18.2 Å². The molecule has 0 aromatic heterocycles. The number of benzene rings is 2. The molecule has 0 aliphatic heterocycles. The van der Waals surface area contributed by atoms with Crippen LogP contribution in [0.15, 0.2) is 46.0 Å². The second-order valence-corrected chi connectivity index (χ2v) is 6.15. The highest BCUT2D eigenvalue weighted by atomic mass is 79.9. The van der Waals surface area contributed by atoms with Crippen LogP contribution in [0.5, 0.6) is 11.5 Å². The highest BCUT2D eigenvalue weighted by Crippen LogP contribution is 2.34. The highest BCUT2D eigenvalue weighted by molar-refractivity contribution is 9.10. The lowest BCUT2D eigenvalue weighted by molar-refractivity contribution is -0.119. The molecule has 0 unspecified atom stereocenters. The van der Waals surface area contributed by atoms with Crippen LogP contribution in [0, 0.1) is 6.92 Å². The van der Waals surface area contributed by atoms with Crippen LogP contribution >= 0.6 is 15.9 Å². The molecule has 0 aliphatic carbocycles. The summed E-state index contributed by atoms with van der Waals surface area (Å²) in [6.45, 7) is 4.36. The molecule has 2 aromatic rings. The van der Waals surface area contributed by atoms with Crippen molar-refractivity contribution in [3.05, 3.63) is 52.0 Å². The van der Waals surface area contributed by atoms with E-state index in [4.69, 9.17) is 4.74 Å². The zero-order chi connectivity index (χ0) is 18.2. The van der Waals surface area contributed by atoms with E-state index in [1.807, 2.05) is 38.1 Å². The number of phenolic OH excluding ortho intramolecular Hbond substituents is 1. The standard InChI is InChI=1S/C18H20BrN3O3/c1-3-25-16-9-13(8-15(19)18(16)24)10-21-22-17(23)11-20-14-6-4-5-12(2)7-14/h4-10,20,24H,3,11H2,1-2H3,(H,22,23). The summed E-state index contributed by atoms with van der Waals surface area (Å²) in [5, 5.41) is 16.8. The molecular formula is C18H20BrN3O3. The lowest BCUT2D eigenvalue weighted by Gasteiger charge is -2.08. The Bertz CT molecular complexity index is 778. The number of nitrogens with zero attached hydrogens (tertiary/aromatic N) is 1. The fraction of sp³-hybridized carbons (Fsp3) is 0.222. The number of ether oxygens (including phenoxy) is 1. The van der Waals surface area contributed by atoms with Gasteiger partial charge in [0.25, 0.3) is 5.91 Å². The van der Waals surface area contributed by atoms with Crippen molar-refractivity contribution in [3.8, 4) is 11.5 Å². The number of nitrogens with one attached hydrogen (secondary N) is 2. The Morgan fingerprint density at radius 1 is 1.36 bits per heavy atom. The maximum absolute atomic E-state index is 11.8. The summed E-state index contributed by atoms with van der Waals surface area (Å²) in [5.74, 6) is 0.122. The van der Waals surface area contributed by atoms with E-state index in [2.05, 4.69) is 31.8 Å². The van der Waals surface area contributed by atoms with Gasteiger partial charge in [-0.25, -0.2) is 5.43 Å². The largest absolute Gasteiger partial charge is 0.503 e. The van der Waals surface area contributed by atoms with E-state index in [9.17, 15) is 9.90 Å². The van der Waals surface area contributed by atoms with Gasteiger partial charge in [0, 0.05) is 5.69 Å². The second kappa shape index (κ2) is 9.08. The summed E-state index contributed by atoms with van der Waals surface area (Å²) < 4.78 is 5.84. The summed E-state index contributed by atoms with van der Waals surface area (Å²) in [6, 6.07) is 11.1. The van der Waals surface area contributed by atoms with Crippen LogP contribution < -0.4 is 15.5 Å². The SMILES string of the molecule is CCOc1cc(C=NNC(=O)CNc2cccc(C)c2)cc(Br)c1O. The van der Waals surface area contributed by atoms with Crippen molar-refractivity contribution in [2.24, 2.45) is 5.10 Å². The lowest BCUT2D eigenvalue weighted by atomic mass is 10.2. The van der Waals surface area contributed by atoms with Gasteiger partial charge in [0.15, 0.2) is 11.5 Å². The molecule has 0 saturated heterocycles. The summed E-state index contributed by atoms with van der Waals surface area (Å²) in [5.41, 5.74) is 5.13. The zero-order valence-electron chi connectivity index (χ0n) is 14.0. The van der Waals surface area contributed by atoms with Gasteiger partial charge in [-0.2, -0.15) is 5.10 Å². The summed E-state index contributed by atoms with van der Waals surface area (Å²) >= 11 is 3.26. The number of hydrogen-bond acceptors (Lipinski definition) is 5. The van der Waals surface area contributed by atoms with Gasteiger partial charge >= 0.3 is 0 Å². The molecule has 0 radical (unpaired) electrons. The molecule has 0 heterocycles. The van der Waals surface area contributed by atoms with Crippen molar-refractivity contribution >= 4 is 33.7 Å². The van der Waals surface area contributed by atoms with Crippen molar-refractivity contribution in [1.82, 2.24) is 5.43 Å². The number of halogens is 1. The third-order valence-corrected chi connectivity index (χ3v) is 3.83. The average molecular weight is 406 g/mol. The van der Waals surface area contributed by atoms with Crippen LogP contribution in [0.4, 0.5) is 5.69 Å². The van der Waals surface area contributed by atoms with Crippen molar-refractivity contribution in [2.75, 3.05) is 18.5 Å². The number of rotatable bonds is 7. The fourth-order valence-corrected chi connectivity index (χ4v) is 2.55. The maximum atomic E-state index is 11.8. The Morgan fingerprint density at radius 3 is 2.88 bits per heavy atom. The minimum Gasteiger partial charge on any atom is -0.503 e. The zero-order valence-corrected chi connectivity index (χ0v) is 15.6. The predicted octanol–water partition coefficient (Wildman–Crippen LogP) is 3.42. The first kappa shape index (κ1) is 18.8. The van der Waals surface area contributed by atoms with Crippen molar-refractivity contribution in [2.45, 2.75) is 13.8 Å². The van der Waals surface area contributed by atoms with Crippen LogP contribution in [0.2, 0.25) is 0 Å². The molecular weight excluding hydrogens is 386 g/mol. The number of carbonyl (C=O) groups is 1. The van der Waals surface area contributed by atoms with Gasteiger partial charge in [-0.15, -0.1) is 0 Å². The second-order valence-electron chi connectivity index (χ2n) is 5.30. The van der Waals surface area contributed by atoms with Crippen molar-refractivity contribution < 1.29 is 14.6 Å². The first-order chi connectivity index (χ1) is 12.0. The van der Waals surface area contributed by atoms with Crippen LogP contribution in [-0.4, -0.2) is 30.4 Å². The molecule has 7 heteroatoms. The Balaban J connectivity index is 1.90. The molecule has 0 atom stereocenters. The highest BCUT2D eigenvalue weighted by Gasteiger charge is 2.08. The monoisotopic (exact) mass is 405 g/mol.